The molecule has 0 aromatic heterocycles. The minimum Gasteiger partial charge on any atom is -0.490 e. The summed E-state index contributed by atoms with van der Waals surface area (Å²) in [6.07, 6.45) is 4.25. The molecule has 8 heteroatoms. The van der Waals surface area contributed by atoms with Crippen molar-refractivity contribution in [2.24, 2.45) is 4.99 Å². The van der Waals surface area contributed by atoms with Crippen molar-refractivity contribution in [3.63, 3.8) is 0 Å². The maximum atomic E-state index is 13.3. The van der Waals surface area contributed by atoms with E-state index in [1.54, 1.807) is 29.2 Å². The normalized spacial score (nSPS) is 14.9. The van der Waals surface area contributed by atoms with Gasteiger partial charge in [-0.25, -0.2) is 9.79 Å². The molecule has 1 saturated heterocycles. The lowest BCUT2D eigenvalue weighted by Gasteiger charge is -2.17. The molecular weight excluding hydrogens is 536 g/mol. The molecule has 1 aliphatic heterocycles. The molecule has 1 heterocycles. The molecule has 1 fully saturated rings. The zero-order chi connectivity index (χ0) is 29.4. The van der Waals surface area contributed by atoms with E-state index in [0.29, 0.717) is 59.0 Å². The van der Waals surface area contributed by atoms with Gasteiger partial charge >= 0.3 is 5.97 Å². The van der Waals surface area contributed by atoms with Crippen LogP contribution in [0.25, 0.3) is 6.08 Å². The number of benzene rings is 3. The average molecular weight is 571 g/mol. The molecule has 3 aromatic carbocycles. The van der Waals surface area contributed by atoms with Gasteiger partial charge in [0.05, 0.1) is 29.9 Å². The largest absolute Gasteiger partial charge is 0.490 e. The van der Waals surface area contributed by atoms with Crippen molar-refractivity contribution in [1.29, 1.82) is 0 Å². The maximum Gasteiger partial charge on any atom is 0.337 e. The fourth-order valence-electron chi connectivity index (χ4n) is 4.29. The van der Waals surface area contributed by atoms with Crippen LogP contribution in [0.4, 0.5) is 5.69 Å². The predicted molar refractivity (Wildman–Crippen MR) is 165 cm³/mol. The summed E-state index contributed by atoms with van der Waals surface area (Å²) in [6.45, 7) is 11.1. The van der Waals surface area contributed by atoms with Gasteiger partial charge in [0.15, 0.2) is 16.7 Å². The number of methoxy groups -OCH3 is 1. The average Bonchev–Trinajstić information content (AvgIpc) is 3.26. The molecule has 0 bridgehead atoms. The Morgan fingerprint density at radius 1 is 1.07 bits per heavy atom. The number of amidine groups is 1. The molecule has 1 aliphatic rings. The SMILES string of the molecule is C=CCc1cc(C=C2SC(=Nc3cccc(C(=O)OC)c3)N(CC)C2=O)cc(OCC)c1OCc1ccc(C)cc1. The molecule has 212 valence electrons. The summed E-state index contributed by atoms with van der Waals surface area (Å²) in [5.41, 5.74) is 4.94. The lowest BCUT2D eigenvalue weighted by Crippen LogP contribution is -2.28. The van der Waals surface area contributed by atoms with Gasteiger partial charge in [-0.3, -0.25) is 9.69 Å². The summed E-state index contributed by atoms with van der Waals surface area (Å²) < 4.78 is 17.1. The lowest BCUT2D eigenvalue weighted by atomic mass is 10.0. The van der Waals surface area contributed by atoms with Gasteiger partial charge in [-0.1, -0.05) is 42.0 Å². The maximum absolute atomic E-state index is 13.3. The number of carbonyl (C=O) groups excluding carboxylic acids is 2. The van der Waals surface area contributed by atoms with Crippen molar-refractivity contribution in [2.45, 2.75) is 33.8 Å². The second-order valence-corrected chi connectivity index (χ2v) is 10.3. The number of esters is 1. The van der Waals surface area contributed by atoms with Crippen LogP contribution < -0.4 is 9.47 Å². The number of ether oxygens (including phenoxy) is 3. The number of hydrogen-bond acceptors (Lipinski definition) is 7. The Morgan fingerprint density at radius 2 is 1.85 bits per heavy atom. The van der Waals surface area contributed by atoms with Crippen LogP contribution in [0, 0.1) is 6.92 Å². The molecule has 0 atom stereocenters. The molecule has 0 spiro atoms. The number of nitrogens with zero attached hydrogens (tertiary/aromatic N) is 2. The number of likely N-dealkylation sites (N-methyl/N-ethyl adjacent to an activating group) is 1. The summed E-state index contributed by atoms with van der Waals surface area (Å²) in [7, 11) is 1.34. The van der Waals surface area contributed by atoms with Crippen molar-refractivity contribution in [3.05, 3.63) is 106 Å². The number of aliphatic imine (C=N–C) groups is 1. The van der Waals surface area contributed by atoms with Crippen molar-refractivity contribution in [1.82, 2.24) is 4.90 Å². The molecule has 0 radical (unpaired) electrons. The molecular formula is C33H34N2O5S. The fraction of sp³-hybridized carbons (Fsp3) is 0.242. The van der Waals surface area contributed by atoms with Gasteiger partial charge < -0.3 is 14.2 Å². The van der Waals surface area contributed by atoms with Gasteiger partial charge in [0.25, 0.3) is 5.91 Å². The van der Waals surface area contributed by atoms with E-state index < -0.39 is 5.97 Å². The van der Waals surface area contributed by atoms with Gasteiger partial charge in [-0.15, -0.1) is 6.58 Å². The highest BCUT2D eigenvalue weighted by atomic mass is 32.2. The standard InChI is InChI=1S/C33H34N2O5S/c1-6-10-25-17-24(18-28(39-8-3)30(25)40-21-23-15-13-22(4)14-16-23)19-29-31(36)35(7-2)33(41-29)34-27-12-9-11-26(20-27)32(37)38-5/h6,9,11-20H,1,7-8,10,21H2,2-5H3. The third-order valence-electron chi connectivity index (χ3n) is 6.32. The minimum atomic E-state index is -0.443. The molecule has 41 heavy (non-hydrogen) atoms. The minimum absolute atomic E-state index is 0.136. The molecule has 7 nitrogen and oxygen atoms in total. The Balaban J connectivity index is 1.66. The summed E-state index contributed by atoms with van der Waals surface area (Å²) >= 11 is 1.29. The smallest absolute Gasteiger partial charge is 0.337 e. The second kappa shape index (κ2) is 13.9. The van der Waals surface area contributed by atoms with E-state index in [0.717, 1.165) is 16.7 Å². The van der Waals surface area contributed by atoms with Crippen LogP contribution >= 0.6 is 11.8 Å². The van der Waals surface area contributed by atoms with Gasteiger partial charge in [-0.2, -0.15) is 0 Å². The van der Waals surface area contributed by atoms with Crippen LogP contribution in [-0.2, 0) is 22.6 Å². The van der Waals surface area contributed by atoms with E-state index in [-0.39, 0.29) is 5.91 Å². The third kappa shape index (κ3) is 7.27. The third-order valence-corrected chi connectivity index (χ3v) is 7.32. The summed E-state index contributed by atoms with van der Waals surface area (Å²) in [6, 6.07) is 18.9. The first-order chi connectivity index (χ1) is 19.9. The predicted octanol–water partition coefficient (Wildman–Crippen LogP) is 7.11. The molecule has 0 aliphatic carbocycles. The summed E-state index contributed by atoms with van der Waals surface area (Å²) in [4.78, 5) is 32.1. The van der Waals surface area contributed by atoms with Crippen molar-refractivity contribution in [2.75, 3.05) is 20.3 Å². The van der Waals surface area contributed by atoms with Gasteiger partial charge in [0, 0.05) is 12.1 Å². The van der Waals surface area contributed by atoms with Crippen LogP contribution in [0.3, 0.4) is 0 Å². The van der Waals surface area contributed by atoms with E-state index in [9.17, 15) is 9.59 Å². The number of hydrogen-bond donors (Lipinski definition) is 0. The van der Waals surface area contributed by atoms with E-state index in [2.05, 4.69) is 42.8 Å². The van der Waals surface area contributed by atoms with Crippen molar-refractivity contribution < 1.29 is 23.8 Å². The molecule has 0 unspecified atom stereocenters. The van der Waals surface area contributed by atoms with Crippen LogP contribution in [0.1, 0.15) is 46.5 Å². The molecule has 4 rings (SSSR count). The molecule has 0 saturated carbocycles. The van der Waals surface area contributed by atoms with Crippen LogP contribution in [-0.4, -0.2) is 42.2 Å². The number of rotatable bonds is 11. The number of amides is 1. The number of allylic oxidation sites excluding steroid dienone is 1. The monoisotopic (exact) mass is 570 g/mol. The molecule has 0 N–H and O–H groups in total. The van der Waals surface area contributed by atoms with Crippen molar-refractivity contribution >= 4 is 40.6 Å². The Labute approximate surface area is 245 Å². The number of thioether (sulfide) groups is 1. The van der Waals surface area contributed by atoms with E-state index >= 15 is 0 Å². The fourth-order valence-corrected chi connectivity index (χ4v) is 5.36. The number of aryl methyl sites for hydroxylation is 1. The van der Waals surface area contributed by atoms with Gasteiger partial charge in [0.2, 0.25) is 0 Å². The Hall–Kier alpha value is -4.30. The molecule has 3 aromatic rings. The van der Waals surface area contributed by atoms with Crippen molar-refractivity contribution in [3.8, 4) is 11.5 Å². The summed E-state index contributed by atoms with van der Waals surface area (Å²) in [5, 5.41) is 0.542. The molecule has 1 amide bonds. The number of carbonyl (C=O) groups is 2. The summed E-state index contributed by atoms with van der Waals surface area (Å²) in [5.74, 6) is 0.704. The Kier molecular flexibility index (Phi) is 10.0. The highest BCUT2D eigenvalue weighted by Crippen LogP contribution is 2.38. The topological polar surface area (TPSA) is 77.4 Å². The zero-order valence-corrected chi connectivity index (χ0v) is 24.6. The Morgan fingerprint density at radius 3 is 2.54 bits per heavy atom. The quantitative estimate of drug-likeness (QED) is 0.139. The van der Waals surface area contributed by atoms with E-state index in [4.69, 9.17) is 14.2 Å². The Bertz CT molecular complexity index is 1490. The van der Waals surface area contributed by atoms with Crippen LogP contribution in [0.2, 0.25) is 0 Å². The van der Waals surface area contributed by atoms with Gasteiger partial charge in [0.1, 0.15) is 6.61 Å². The second-order valence-electron chi connectivity index (χ2n) is 9.30. The van der Waals surface area contributed by atoms with E-state index in [1.807, 2.05) is 38.1 Å². The zero-order valence-electron chi connectivity index (χ0n) is 23.8. The highest BCUT2D eigenvalue weighted by Gasteiger charge is 2.32. The van der Waals surface area contributed by atoms with Crippen LogP contribution in [0.15, 0.2) is 83.2 Å². The highest BCUT2D eigenvalue weighted by molar-refractivity contribution is 8.18. The first-order valence-corrected chi connectivity index (χ1v) is 14.3. The first kappa shape index (κ1) is 29.7. The van der Waals surface area contributed by atoms with Crippen LogP contribution in [0.5, 0.6) is 11.5 Å². The van der Waals surface area contributed by atoms with Gasteiger partial charge in [-0.05, 0) is 86.5 Å². The van der Waals surface area contributed by atoms with E-state index in [1.165, 1.54) is 24.4 Å². The first-order valence-electron chi connectivity index (χ1n) is 13.4. The lowest BCUT2D eigenvalue weighted by molar-refractivity contribution is -0.122.